The van der Waals surface area contributed by atoms with Crippen LogP contribution in [0.2, 0.25) is 0 Å². The Balaban J connectivity index is 0.00000320. The van der Waals surface area contributed by atoms with Crippen molar-refractivity contribution in [1.29, 1.82) is 0 Å². The highest BCUT2D eigenvalue weighted by atomic mass is 127. The standard InChI is InChI=1S/C21H30N4O2S2.HI/c1-2-22-21(23-14-13-18-9-5-3-6-10-18)24-17-19-11-12-20(28-19)29(26,27)25-15-7-4-8-16-25;/h3,5-6,9-12H,2,4,7-8,13-17H2,1H3,(H2,22,23,24);1H. The van der Waals surface area contributed by atoms with E-state index in [-0.39, 0.29) is 24.0 Å². The molecule has 6 nitrogen and oxygen atoms in total. The Bertz CT molecular complexity index is 895. The quantitative estimate of drug-likeness (QED) is 0.292. The van der Waals surface area contributed by atoms with E-state index in [1.165, 1.54) is 16.9 Å². The average Bonchev–Trinajstić information content (AvgIpc) is 3.23. The van der Waals surface area contributed by atoms with E-state index >= 15 is 0 Å². The number of aliphatic imine (C=N–C) groups is 1. The van der Waals surface area contributed by atoms with Gasteiger partial charge in [-0.05, 0) is 43.9 Å². The van der Waals surface area contributed by atoms with E-state index in [1.807, 2.05) is 31.2 Å². The molecular weight excluding hydrogens is 531 g/mol. The van der Waals surface area contributed by atoms with Gasteiger partial charge in [-0.2, -0.15) is 4.31 Å². The minimum atomic E-state index is -3.36. The molecule has 9 heteroatoms. The maximum Gasteiger partial charge on any atom is 0.252 e. The summed E-state index contributed by atoms with van der Waals surface area (Å²) in [6.45, 7) is 5.31. The number of guanidine groups is 1. The zero-order valence-corrected chi connectivity index (χ0v) is 21.3. The minimum Gasteiger partial charge on any atom is -0.357 e. The molecule has 1 aliphatic heterocycles. The lowest BCUT2D eigenvalue weighted by Gasteiger charge is -2.25. The highest BCUT2D eigenvalue weighted by Gasteiger charge is 2.27. The molecule has 2 N–H and O–H groups in total. The Labute approximate surface area is 201 Å². The number of halogens is 1. The highest BCUT2D eigenvalue weighted by molar-refractivity contribution is 14.0. The zero-order valence-electron chi connectivity index (χ0n) is 17.3. The molecule has 30 heavy (non-hydrogen) atoms. The summed E-state index contributed by atoms with van der Waals surface area (Å²) < 4.78 is 27.6. The summed E-state index contributed by atoms with van der Waals surface area (Å²) in [5.74, 6) is 0.747. The van der Waals surface area contributed by atoms with Gasteiger partial charge in [0.15, 0.2) is 5.96 Å². The maximum atomic E-state index is 12.8. The van der Waals surface area contributed by atoms with Crippen molar-refractivity contribution in [3.05, 3.63) is 52.9 Å². The van der Waals surface area contributed by atoms with Crippen LogP contribution in [0.25, 0.3) is 0 Å². The van der Waals surface area contributed by atoms with Crippen molar-refractivity contribution in [2.45, 2.75) is 43.4 Å². The van der Waals surface area contributed by atoms with E-state index in [4.69, 9.17) is 0 Å². The van der Waals surface area contributed by atoms with Crippen molar-refractivity contribution < 1.29 is 8.42 Å². The molecule has 1 aromatic heterocycles. The van der Waals surface area contributed by atoms with Crippen LogP contribution in [0.5, 0.6) is 0 Å². The summed E-state index contributed by atoms with van der Waals surface area (Å²) in [6.07, 6.45) is 3.92. The van der Waals surface area contributed by atoms with Crippen molar-refractivity contribution in [3.63, 3.8) is 0 Å². The van der Waals surface area contributed by atoms with Crippen molar-refractivity contribution in [2.75, 3.05) is 26.2 Å². The Morgan fingerprint density at radius 3 is 2.50 bits per heavy atom. The molecule has 166 valence electrons. The number of piperidine rings is 1. The number of hydrogen-bond donors (Lipinski definition) is 2. The SMILES string of the molecule is CCNC(=NCc1ccc(S(=O)(=O)N2CCCCC2)s1)NCCc1ccccc1.I. The lowest BCUT2D eigenvalue weighted by atomic mass is 10.1. The topological polar surface area (TPSA) is 73.8 Å². The molecule has 0 saturated carbocycles. The highest BCUT2D eigenvalue weighted by Crippen LogP contribution is 2.27. The van der Waals surface area contributed by atoms with Crippen LogP contribution in [-0.4, -0.2) is 44.9 Å². The zero-order chi connectivity index (χ0) is 20.5. The molecule has 1 aliphatic rings. The molecule has 0 aliphatic carbocycles. The van der Waals surface area contributed by atoms with E-state index in [0.29, 0.717) is 23.8 Å². The smallest absolute Gasteiger partial charge is 0.252 e. The molecule has 3 rings (SSSR count). The Morgan fingerprint density at radius 1 is 1.07 bits per heavy atom. The van der Waals surface area contributed by atoms with Crippen LogP contribution in [0.3, 0.4) is 0 Å². The van der Waals surface area contributed by atoms with Gasteiger partial charge in [0.2, 0.25) is 0 Å². The third kappa shape index (κ3) is 7.21. The van der Waals surface area contributed by atoms with Crippen LogP contribution in [0, 0.1) is 0 Å². The fourth-order valence-corrected chi connectivity index (χ4v) is 6.23. The molecule has 2 aromatic rings. The van der Waals surface area contributed by atoms with E-state index in [1.54, 1.807) is 10.4 Å². The average molecular weight is 563 g/mol. The van der Waals surface area contributed by atoms with E-state index in [0.717, 1.165) is 49.6 Å². The Hall–Kier alpha value is -1.17. The van der Waals surface area contributed by atoms with Gasteiger partial charge in [-0.3, -0.25) is 0 Å². The molecule has 1 fully saturated rings. The number of hydrogen-bond acceptors (Lipinski definition) is 4. The minimum absolute atomic E-state index is 0. The van der Waals surface area contributed by atoms with E-state index in [2.05, 4.69) is 27.8 Å². The van der Waals surface area contributed by atoms with Crippen LogP contribution in [0.15, 0.2) is 51.7 Å². The predicted molar refractivity (Wildman–Crippen MR) is 135 cm³/mol. The van der Waals surface area contributed by atoms with Crippen LogP contribution in [-0.2, 0) is 23.0 Å². The molecular formula is C21H31IN4O2S2. The molecule has 0 amide bonds. The third-order valence-electron chi connectivity index (χ3n) is 4.83. The van der Waals surface area contributed by atoms with Gasteiger partial charge in [0.25, 0.3) is 10.0 Å². The largest absolute Gasteiger partial charge is 0.357 e. The van der Waals surface area contributed by atoms with Crippen LogP contribution >= 0.6 is 35.3 Å². The van der Waals surface area contributed by atoms with Crippen molar-refractivity contribution >= 4 is 51.3 Å². The summed E-state index contributed by atoms with van der Waals surface area (Å²) in [7, 11) is -3.36. The third-order valence-corrected chi connectivity index (χ3v) is 8.27. The second kappa shape index (κ2) is 12.6. The number of thiophene rings is 1. The molecule has 0 radical (unpaired) electrons. The van der Waals surface area contributed by atoms with Crippen molar-refractivity contribution in [2.24, 2.45) is 4.99 Å². The fraction of sp³-hybridized carbons (Fsp3) is 0.476. The summed E-state index contributed by atoms with van der Waals surface area (Å²) >= 11 is 1.32. The second-order valence-corrected chi connectivity index (χ2v) is 10.4. The Morgan fingerprint density at radius 2 is 1.80 bits per heavy atom. The maximum absolute atomic E-state index is 12.8. The first kappa shape index (κ1) is 25.1. The van der Waals surface area contributed by atoms with Gasteiger partial charge in [0.1, 0.15) is 4.21 Å². The van der Waals surface area contributed by atoms with Crippen molar-refractivity contribution in [1.82, 2.24) is 14.9 Å². The number of benzene rings is 1. The summed E-state index contributed by atoms with van der Waals surface area (Å²) in [5, 5.41) is 6.59. The molecule has 2 heterocycles. The molecule has 0 bridgehead atoms. The van der Waals surface area contributed by atoms with Gasteiger partial charge in [0.05, 0.1) is 6.54 Å². The van der Waals surface area contributed by atoms with Crippen LogP contribution in [0.4, 0.5) is 0 Å². The molecule has 0 spiro atoms. The van der Waals surface area contributed by atoms with Crippen molar-refractivity contribution in [3.8, 4) is 0 Å². The second-order valence-electron chi connectivity index (χ2n) is 7.04. The molecule has 1 saturated heterocycles. The number of nitrogens with one attached hydrogen (secondary N) is 2. The Kier molecular flexibility index (Phi) is 10.6. The van der Waals surface area contributed by atoms with Gasteiger partial charge >= 0.3 is 0 Å². The van der Waals surface area contributed by atoms with Gasteiger partial charge in [0, 0.05) is 31.1 Å². The molecule has 1 aromatic carbocycles. The normalized spacial score (nSPS) is 15.4. The molecule has 0 unspecified atom stereocenters. The number of rotatable bonds is 8. The summed E-state index contributed by atoms with van der Waals surface area (Å²) in [6, 6.07) is 13.9. The van der Waals surface area contributed by atoms with E-state index in [9.17, 15) is 8.42 Å². The first-order valence-electron chi connectivity index (χ1n) is 10.2. The first-order valence-corrected chi connectivity index (χ1v) is 12.5. The lowest BCUT2D eigenvalue weighted by molar-refractivity contribution is 0.347. The lowest BCUT2D eigenvalue weighted by Crippen LogP contribution is -2.38. The van der Waals surface area contributed by atoms with Crippen LogP contribution in [0.1, 0.15) is 36.6 Å². The van der Waals surface area contributed by atoms with Crippen LogP contribution < -0.4 is 10.6 Å². The van der Waals surface area contributed by atoms with Gasteiger partial charge in [-0.1, -0.05) is 36.8 Å². The monoisotopic (exact) mass is 562 g/mol. The summed E-state index contributed by atoms with van der Waals surface area (Å²) in [4.78, 5) is 5.56. The number of sulfonamides is 1. The predicted octanol–water partition coefficient (Wildman–Crippen LogP) is 3.84. The van der Waals surface area contributed by atoms with Gasteiger partial charge < -0.3 is 10.6 Å². The summed E-state index contributed by atoms with van der Waals surface area (Å²) in [5.41, 5.74) is 1.28. The first-order chi connectivity index (χ1) is 14.1. The van der Waals surface area contributed by atoms with Gasteiger partial charge in [-0.15, -0.1) is 35.3 Å². The van der Waals surface area contributed by atoms with E-state index < -0.39 is 10.0 Å². The number of nitrogens with zero attached hydrogens (tertiary/aromatic N) is 2. The fourth-order valence-electron chi connectivity index (χ4n) is 3.28. The van der Waals surface area contributed by atoms with Gasteiger partial charge in [-0.25, -0.2) is 13.4 Å². The molecule has 0 atom stereocenters.